The number of hydrogen-bond acceptors (Lipinski definition) is 1. The molecule has 0 aliphatic carbocycles. The number of benzene rings is 2. The normalized spacial score (nSPS) is 15.5. The first-order valence-corrected chi connectivity index (χ1v) is 6.74. The second-order valence-corrected chi connectivity index (χ2v) is 5.24. The van der Waals surface area contributed by atoms with Crippen molar-refractivity contribution in [3.05, 3.63) is 70.2 Å². The minimum Gasteiger partial charge on any atom is -0.345 e. The van der Waals surface area contributed by atoms with E-state index in [2.05, 4.69) is 17.9 Å². The SMILES string of the molecule is CC(c1ccccc1Cl)N1Cc2ccccc2C1=N. The van der Waals surface area contributed by atoms with Gasteiger partial charge in [0.2, 0.25) is 0 Å². The van der Waals surface area contributed by atoms with Gasteiger partial charge in [-0.2, -0.15) is 0 Å². The molecule has 1 aliphatic rings. The summed E-state index contributed by atoms with van der Waals surface area (Å²) in [4.78, 5) is 2.09. The fraction of sp³-hybridized carbons (Fsp3) is 0.188. The van der Waals surface area contributed by atoms with Gasteiger partial charge in [0.1, 0.15) is 5.84 Å². The van der Waals surface area contributed by atoms with Gasteiger partial charge in [0.05, 0.1) is 6.04 Å². The van der Waals surface area contributed by atoms with Crippen LogP contribution in [-0.4, -0.2) is 10.7 Å². The Bertz CT molecular complexity index is 636. The maximum atomic E-state index is 8.32. The van der Waals surface area contributed by atoms with Crippen molar-refractivity contribution >= 4 is 17.4 Å². The number of amidine groups is 1. The van der Waals surface area contributed by atoms with Crippen LogP contribution in [-0.2, 0) is 6.54 Å². The fourth-order valence-corrected chi connectivity index (χ4v) is 2.91. The number of nitrogens with one attached hydrogen (secondary N) is 1. The quantitative estimate of drug-likeness (QED) is 0.868. The lowest BCUT2D eigenvalue weighted by atomic mass is 10.1. The minimum atomic E-state index is 0.105. The topological polar surface area (TPSA) is 27.1 Å². The first-order valence-electron chi connectivity index (χ1n) is 6.36. The van der Waals surface area contributed by atoms with E-state index in [0.29, 0.717) is 5.84 Å². The maximum absolute atomic E-state index is 8.32. The summed E-state index contributed by atoms with van der Waals surface area (Å²) in [7, 11) is 0. The van der Waals surface area contributed by atoms with E-state index < -0.39 is 0 Å². The zero-order chi connectivity index (χ0) is 13.4. The third-order valence-electron chi connectivity index (χ3n) is 3.72. The summed E-state index contributed by atoms with van der Waals surface area (Å²) in [6.07, 6.45) is 0. The molecule has 0 aromatic heterocycles. The molecular weight excluding hydrogens is 256 g/mol. The number of nitrogens with zero attached hydrogens (tertiary/aromatic N) is 1. The Hall–Kier alpha value is -1.80. The summed E-state index contributed by atoms with van der Waals surface area (Å²) in [6.45, 7) is 2.88. The van der Waals surface area contributed by atoms with Crippen LogP contribution in [0.4, 0.5) is 0 Å². The third kappa shape index (κ3) is 2.02. The van der Waals surface area contributed by atoms with Crippen LogP contribution in [0.15, 0.2) is 48.5 Å². The third-order valence-corrected chi connectivity index (χ3v) is 4.07. The summed E-state index contributed by atoms with van der Waals surface area (Å²) in [6, 6.07) is 16.1. The van der Waals surface area contributed by atoms with E-state index in [0.717, 1.165) is 22.7 Å². The Morgan fingerprint density at radius 1 is 1.11 bits per heavy atom. The highest BCUT2D eigenvalue weighted by Crippen LogP contribution is 2.33. The Balaban J connectivity index is 1.94. The van der Waals surface area contributed by atoms with Crippen molar-refractivity contribution in [1.29, 1.82) is 5.41 Å². The Morgan fingerprint density at radius 3 is 2.53 bits per heavy atom. The molecule has 1 unspecified atom stereocenters. The molecule has 0 fully saturated rings. The molecule has 96 valence electrons. The van der Waals surface area contributed by atoms with Gasteiger partial charge in [-0.05, 0) is 24.1 Å². The molecule has 0 radical (unpaired) electrons. The predicted molar refractivity (Wildman–Crippen MR) is 78.7 cm³/mol. The molecule has 0 bridgehead atoms. The van der Waals surface area contributed by atoms with Gasteiger partial charge < -0.3 is 4.90 Å². The zero-order valence-electron chi connectivity index (χ0n) is 10.7. The summed E-state index contributed by atoms with van der Waals surface area (Å²) in [5.74, 6) is 0.586. The van der Waals surface area contributed by atoms with Crippen LogP contribution < -0.4 is 0 Å². The first-order chi connectivity index (χ1) is 9.18. The molecule has 2 aromatic carbocycles. The molecule has 0 amide bonds. The monoisotopic (exact) mass is 270 g/mol. The molecule has 1 atom stereocenters. The van der Waals surface area contributed by atoms with E-state index in [9.17, 15) is 0 Å². The molecule has 0 saturated heterocycles. The molecule has 2 nitrogen and oxygen atoms in total. The standard InChI is InChI=1S/C16H15ClN2/c1-11(13-7-4-5-9-15(13)17)19-10-12-6-2-3-8-14(12)16(19)18/h2-9,11,18H,10H2,1H3. The summed E-state index contributed by atoms with van der Waals surface area (Å²) < 4.78 is 0. The van der Waals surface area contributed by atoms with E-state index in [4.69, 9.17) is 17.0 Å². The minimum absolute atomic E-state index is 0.105. The Kier molecular flexibility index (Phi) is 3.03. The van der Waals surface area contributed by atoms with Crippen molar-refractivity contribution in [3.63, 3.8) is 0 Å². The van der Waals surface area contributed by atoms with Gasteiger partial charge in [-0.1, -0.05) is 54.1 Å². The highest BCUT2D eigenvalue weighted by molar-refractivity contribution is 6.31. The van der Waals surface area contributed by atoms with Crippen LogP contribution in [0.5, 0.6) is 0 Å². The van der Waals surface area contributed by atoms with Gasteiger partial charge in [-0.15, -0.1) is 0 Å². The highest BCUT2D eigenvalue weighted by atomic mass is 35.5. The van der Waals surface area contributed by atoms with E-state index in [1.165, 1.54) is 5.56 Å². The largest absolute Gasteiger partial charge is 0.345 e. The van der Waals surface area contributed by atoms with E-state index in [-0.39, 0.29) is 6.04 Å². The van der Waals surface area contributed by atoms with Crippen molar-refractivity contribution in [2.75, 3.05) is 0 Å². The van der Waals surface area contributed by atoms with Gasteiger partial charge in [0, 0.05) is 17.1 Å². The second kappa shape index (κ2) is 4.71. The molecule has 19 heavy (non-hydrogen) atoms. The predicted octanol–water partition coefficient (Wildman–Crippen LogP) is 4.24. The van der Waals surface area contributed by atoms with Crippen LogP contribution in [0.25, 0.3) is 0 Å². The summed E-state index contributed by atoms with van der Waals surface area (Å²) in [5, 5.41) is 9.08. The molecule has 1 N–H and O–H groups in total. The van der Waals surface area contributed by atoms with Crippen molar-refractivity contribution < 1.29 is 0 Å². The number of fused-ring (bicyclic) bond motifs is 1. The second-order valence-electron chi connectivity index (χ2n) is 4.83. The van der Waals surface area contributed by atoms with Gasteiger partial charge in [0.25, 0.3) is 0 Å². The fourth-order valence-electron chi connectivity index (χ4n) is 2.62. The summed E-state index contributed by atoms with van der Waals surface area (Å²) in [5.41, 5.74) is 3.31. The van der Waals surface area contributed by atoms with Gasteiger partial charge in [-0.3, -0.25) is 5.41 Å². The van der Waals surface area contributed by atoms with Crippen LogP contribution in [0, 0.1) is 5.41 Å². The molecular formula is C16H15ClN2. The number of halogens is 1. The van der Waals surface area contributed by atoms with E-state index in [1.807, 2.05) is 42.5 Å². The lowest BCUT2D eigenvalue weighted by molar-refractivity contribution is 0.341. The average Bonchev–Trinajstić information content (AvgIpc) is 2.77. The van der Waals surface area contributed by atoms with Crippen molar-refractivity contribution in [3.8, 4) is 0 Å². The van der Waals surface area contributed by atoms with Gasteiger partial charge in [-0.25, -0.2) is 0 Å². The Labute approximate surface area is 118 Å². The lowest BCUT2D eigenvalue weighted by Crippen LogP contribution is -2.27. The molecule has 0 spiro atoms. The lowest BCUT2D eigenvalue weighted by Gasteiger charge is -2.27. The molecule has 3 rings (SSSR count). The molecule has 3 heteroatoms. The molecule has 2 aromatic rings. The van der Waals surface area contributed by atoms with E-state index >= 15 is 0 Å². The average molecular weight is 271 g/mol. The summed E-state index contributed by atoms with van der Waals surface area (Å²) >= 11 is 6.26. The van der Waals surface area contributed by atoms with Gasteiger partial charge >= 0.3 is 0 Å². The Morgan fingerprint density at radius 2 is 1.79 bits per heavy atom. The van der Waals surface area contributed by atoms with Crippen LogP contribution in [0.3, 0.4) is 0 Å². The maximum Gasteiger partial charge on any atom is 0.129 e. The van der Waals surface area contributed by atoms with Crippen molar-refractivity contribution in [2.24, 2.45) is 0 Å². The van der Waals surface area contributed by atoms with Crippen molar-refractivity contribution in [2.45, 2.75) is 19.5 Å². The molecule has 1 aliphatic heterocycles. The van der Waals surface area contributed by atoms with Crippen LogP contribution in [0.2, 0.25) is 5.02 Å². The molecule has 0 saturated carbocycles. The highest BCUT2D eigenvalue weighted by Gasteiger charge is 2.28. The first kappa shape index (κ1) is 12.2. The van der Waals surface area contributed by atoms with E-state index in [1.54, 1.807) is 0 Å². The zero-order valence-corrected chi connectivity index (χ0v) is 11.5. The number of rotatable bonds is 2. The number of hydrogen-bond donors (Lipinski definition) is 1. The smallest absolute Gasteiger partial charge is 0.129 e. The van der Waals surface area contributed by atoms with Crippen LogP contribution >= 0.6 is 11.6 Å². The van der Waals surface area contributed by atoms with Crippen LogP contribution in [0.1, 0.15) is 29.7 Å². The van der Waals surface area contributed by atoms with Gasteiger partial charge in [0.15, 0.2) is 0 Å². The van der Waals surface area contributed by atoms with Crippen molar-refractivity contribution in [1.82, 2.24) is 4.90 Å². The molecule has 1 heterocycles.